The Balaban J connectivity index is 1.69. The summed E-state index contributed by atoms with van der Waals surface area (Å²) in [5.41, 5.74) is 0. The molecule has 2 atom stereocenters. The molecule has 8 nitrogen and oxygen atoms in total. The fourth-order valence-corrected chi connectivity index (χ4v) is 3.99. The molecule has 2 heterocycles. The zero-order valence-electron chi connectivity index (χ0n) is 18.7. The van der Waals surface area contributed by atoms with Gasteiger partial charge in [0.1, 0.15) is 25.3 Å². The molecule has 0 bridgehead atoms. The number of allylic oxidation sites excluding steroid dienone is 2. The van der Waals surface area contributed by atoms with E-state index in [2.05, 4.69) is 13.2 Å². The van der Waals surface area contributed by atoms with Crippen LogP contribution in [0.3, 0.4) is 0 Å². The van der Waals surface area contributed by atoms with E-state index in [4.69, 9.17) is 9.47 Å². The smallest absolute Gasteiger partial charge is 0.329 e. The summed E-state index contributed by atoms with van der Waals surface area (Å²) in [5.74, 6) is -0.924. The molecule has 0 saturated carbocycles. The highest BCUT2D eigenvalue weighted by Crippen LogP contribution is 2.21. The fourth-order valence-electron chi connectivity index (χ4n) is 3.99. The van der Waals surface area contributed by atoms with Crippen molar-refractivity contribution in [3.05, 3.63) is 37.5 Å². The van der Waals surface area contributed by atoms with Crippen molar-refractivity contribution >= 4 is 23.8 Å². The topological polar surface area (TPSA) is 93.2 Å². The molecule has 2 amide bonds. The van der Waals surface area contributed by atoms with Crippen molar-refractivity contribution in [1.82, 2.24) is 9.80 Å². The van der Waals surface area contributed by atoms with Gasteiger partial charge in [0.2, 0.25) is 11.8 Å². The predicted molar refractivity (Wildman–Crippen MR) is 119 cm³/mol. The summed E-state index contributed by atoms with van der Waals surface area (Å²) in [6.07, 6.45) is 11.2. The van der Waals surface area contributed by atoms with Crippen LogP contribution in [-0.4, -0.2) is 71.9 Å². The lowest BCUT2D eigenvalue weighted by molar-refractivity contribution is -0.152. The largest absolute Gasteiger partial charge is 0.460 e. The normalized spacial score (nSPS) is 20.4. The molecule has 2 aliphatic rings. The number of hydrogen-bond acceptors (Lipinski definition) is 6. The molecule has 2 saturated heterocycles. The lowest BCUT2D eigenvalue weighted by Gasteiger charge is -2.23. The van der Waals surface area contributed by atoms with E-state index < -0.39 is 18.1 Å². The SMILES string of the molecule is C=CCCC(=O)N1CCCC1C(=O)OCC=CCCC(=O)N1CCCC1C(=O)OCC=C. The van der Waals surface area contributed by atoms with Gasteiger partial charge in [-0.15, -0.1) is 6.58 Å². The molecule has 0 aliphatic carbocycles. The molecule has 32 heavy (non-hydrogen) atoms. The molecule has 0 aromatic carbocycles. The highest BCUT2D eigenvalue weighted by molar-refractivity contribution is 5.86. The molecule has 176 valence electrons. The van der Waals surface area contributed by atoms with Gasteiger partial charge in [0.25, 0.3) is 0 Å². The first-order chi connectivity index (χ1) is 15.5. The summed E-state index contributed by atoms with van der Waals surface area (Å²) < 4.78 is 10.4. The van der Waals surface area contributed by atoms with E-state index in [9.17, 15) is 19.2 Å². The minimum atomic E-state index is -0.518. The molecule has 0 aromatic heterocycles. The lowest BCUT2D eigenvalue weighted by Crippen LogP contribution is -2.41. The van der Waals surface area contributed by atoms with E-state index in [0.29, 0.717) is 45.2 Å². The second-order valence-electron chi connectivity index (χ2n) is 7.88. The minimum Gasteiger partial charge on any atom is -0.460 e. The van der Waals surface area contributed by atoms with E-state index in [-0.39, 0.29) is 37.4 Å². The van der Waals surface area contributed by atoms with Crippen LogP contribution in [0.5, 0.6) is 0 Å². The highest BCUT2D eigenvalue weighted by atomic mass is 16.5. The average molecular weight is 447 g/mol. The number of rotatable bonds is 12. The van der Waals surface area contributed by atoms with Crippen LogP contribution in [0.1, 0.15) is 51.4 Å². The summed E-state index contributed by atoms with van der Waals surface area (Å²) in [6.45, 7) is 8.50. The van der Waals surface area contributed by atoms with Gasteiger partial charge in [-0.3, -0.25) is 9.59 Å². The van der Waals surface area contributed by atoms with E-state index in [0.717, 1.165) is 12.8 Å². The van der Waals surface area contributed by atoms with Crippen molar-refractivity contribution in [3.63, 3.8) is 0 Å². The van der Waals surface area contributed by atoms with E-state index in [1.807, 2.05) is 0 Å². The number of amides is 2. The number of carbonyl (C=O) groups is 4. The fraction of sp³-hybridized carbons (Fsp3) is 0.583. The second-order valence-corrected chi connectivity index (χ2v) is 7.88. The van der Waals surface area contributed by atoms with Crippen LogP contribution in [0.2, 0.25) is 0 Å². The first kappa shape index (κ1) is 25.4. The molecule has 0 radical (unpaired) electrons. The Hall–Kier alpha value is -2.90. The standard InChI is InChI=1S/C24H34N2O6/c1-3-5-13-21(27)25-15-10-12-20(25)24(30)32-18-8-6-7-14-22(28)26-16-9-11-19(26)23(29)31-17-4-2/h3-4,6,8,19-20H,1-2,5,7,9-18H2. The molecular formula is C24H34N2O6. The second kappa shape index (κ2) is 13.5. The van der Waals surface area contributed by atoms with Crippen molar-refractivity contribution in [3.8, 4) is 0 Å². The van der Waals surface area contributed by atoms with Gasteiger partial charge in [0.05, 0.1) is 0 Å². The summed E-state index contributed by atoms with van der Waals surface area (Å²) >= 11 is 0. The van der Waals surface area contributed by atoms with Crippen LogP contribution < -0.4 is 0 Å². The van der Waals surface area contributed by atoms with Crippen molar-refractivity contribution in [2.75, 3.05) is 26.3 Å². The summed E-state index contributed by atoms with van der Waals surface area (Å²) in [6, 6.07) is -1.04. The maximum absolute atomic E-state index is 12.5. The van der Waals surface area contributed by atoms with E-state index in [1.165, 1.54) is 6.08 Å². The monoisotopic (exact) mass is 446 g/mol. The van der Waals surface area contributed by atoms with Crippen LogP contribution in [0.15, 0.2) is 37.5 Å². The Bertz CT molecular complexity index is 672. The van der Waals surface area contributed by atoms with Gasteiger partial charge >= 0.3 is 11.9 Å². The van der Waals surface area contributed by atoms with Crippen molar-refractivity contribution < 1.29 is 28.7 Å². The van der Waals surface area contributed by atoms with Crippen molar-refractivity contribution in [2.24, 2.45) is 0 Å². The molecule has 2 unspecified atom stereocenters. The molecule has 0 spiro atoms. The van der Waals surface area contributed by atoms with Gasteiger partial charge in [-0.05, 0) is 38.5 Å². The molecule has 2 fully saturated rings. The first-order valence-corrected chi connectivity index (χ1v) is 11.3. The van der Waals surface area contributed by atoms with E-state index in [1.54, 1.807) is 28.0 Å². The summed E-state index contributed by atoms with van der Waals surface area (Å²) in [5, 5.41) is 0. The van der Waals surface area contributed by atoms with Gasteiger partial charge in [-0.2, -0.15) is 0 Å². The number of likely N-dealkylation sites (tertiary alicyclic amines) is 2. The lowest BCUT2D eigenvalue weighted by atomic mass is 10.2. The number of hydrogen-bond donors (Lipinski definition) is 0. The predicted octanol–water partition coefficient (Wildman–Crippen LogP) is 2.54. The molecule has 2 rings (SSSR count). The molecule has 8 heteroatoms. The summed E-state index contributed by atoms with van der Waals surface area (Å²) in [4.78, 5) is 52.3. The van der Waals surface area contributed by atoms with Gasteiger partial charge in [0.15, 0.2) is 0 Å². The number of esters is 2. The van der Waals surface area contributed by atoms with Crippen LogP contribution in [0.25, 0.3) is 0 Å². The quantitative estimate of drug-likeness (QED) is 0.338. The molecule has 0 N–H and O–H groups in total. The Labute approximate surface area is 189 Å². The van der Waals surface area contributed by atoms with Crippen molar-refractivity contribution in [2.45, 2.75) is 63.5 Å². The van der Waals surface area contributed by atoms with Crippen LogP contribution in [-0.2, 0) is 28.7 Å². The van der Waals surface area contributed by atoms with E-state index >= 15 is 0 Å². The average Bonchev–Trinajstić information content (AvgIpc) is 3.47. The Morgan fingerprint density at radius 1 is 0.750 bits per heavy atom. The number of nitrogens with zero attached hydrogens (tertiary/aromatic N) is 2. The highest BCUT2D eigenvalue weighted by Gasteiger charge is 2.35. The Morgan fingerprint density at radius 2 is 1.28 bits per heavy atom. The Kier molecular flexibility index (Phi) is 10.7. The molecular weight excluding hydrogens is 412 g/mol. The summed E-state index contributed by atoms with van der Waals surface area (Å²) in [7, 11) is 0. The van der Waals surface area contributed by atoms with Crippen LogP contribution >= 0.6 is 0 Å². The third-order valence-corrected chi connectivity index (χ3v) is 5.61. The molecule has 2 aliphatic heterocycles. The van der Waals surface area contributed by atoms with Gasteiger partial charge in [-0.1, -0.05) is 30.9 Å². The first-order valence-electron chi connectivity index (χ1n) is 11.3. The zero-order valence-corrected chi connectivity index (χ0v) is 18.7. The van der Waals surface area contributed by atoms with Crippen LogP contribution in [0.4, 0.5) is 0 Å². The maximum Gasteiger partial charge on any atom is 0.329 e. The van der Waals surface area contributed by atoms with Gasteiger partial charge in [-0.25, -0.2) is 9.59 Å². The zero-order chi connectivity index (χ0) is 23.3. The maximum atomic E-state index is 12.5. The van der Waals surface area contributed by atoms with Crippen molar-refractivity contribution in [1.29, 1.82) is 0 Å². The van der Waals surface area contributed by atoms with Crippen LogP contribution in [0, 0.1) is 0 Å². The number of carbonyl (C=O) groups excluding carboxylic acids is 4. The minimum absolute atomic E-state index is 0.0491. The van der Waals surface area contributed by atoms with Gasteiger partial charge < -0.3 is 19.3 Å². The molecule has 0 aromatic rings. The third-order valence-electron chi connectivity index (χ3n) is 5.61. The van der Waals surface area contributed by atoms with Gasteiger partial charge in [0, 0.05) is 25.9 Å². The third kappa shape index (κ3) is 7.35. The number of ether oxygens (including phenoxy) is 2. The Morgan fingerprint density at radius 3 is 1.81 bits per heavy atom.